The normalized spacial score (nSPS) is 14.4. The molecule has 0 bridgehead atoms. The number of amides is 1. The summed E-state index contributed by atoms with van der Waals surface area (Å²) in [4.78, 5) is 22.8. The number of hydrogen-bond acceptors (Lipinski definition) is 8. The number of aromatic nitrogens is 5. The minimum Gasteiger partial charge on any atom is -0.497 e. The van der Waals surface area contributed by atoms with Gasteiger partial charge in [-0.05, 0) is 36.4 Å². The van der Waals surface area contributed by atoms with Crippen LogP contribution in [0.3, 0.4) is 0 Å². The van der Waals surface area contributed by atoms with E-state index < -0.39 is 0 Å². The standard InChI is InChI=1S/C23H23N7O3/c1-32-19-9-7-17(8-10-19)22-25-21(33-27-22)16-28-11-13-29(14-12-28)23(31)20-15-24-30(26-20)18-5-3-2-4-6-18/h2-10,15H,11-14,16H2,1H3. The van der Waals surface area contributed by atoms with Crippen LogP contribution in [0.1, 0.15) is 16.4 Å². The maximum atomic E-state index is 12.9. The zero-order valence-corrected chi connectivity index (χ0v) is 18.2. The van der Waals surface area contributed by atoms with E-state index in [0.717, 1.165) is 17.0 Å². The van der Waals surface area contributed by atoms with Gasteiger partial charge in [0.2, 0.25) is 11.7 Å². The van der Waals surface area contributed by atoms with E-state index in [4.69, 9.17) is 9.26 Å². The molecule has 0 aliphatic carbocycles. The number of rotatable bonds is 6. The second kappa shape index (κ2) is 9.21. The summed E-state index contributed by atoms with van der Waals surface area (Å²) in [6.07, 6.45) is 1.51. The van der Waals surface area contributed by atoms with E-state index in [2.05, 4.69) is 25.2 Å². The van der Waals surface area contributed by atoms with Crippen molar-refractivity contribution in [1.29, 1.82) is 0 Å². The van der Waals surface area contributed by atoms with Gasteiger partial charge in [-0.15, -0.1) is 5.10 Å². The number of nitrogens with zero attached hydrogens (tertiary/aromatic N) is 7. The number of carbonyl (C=O) groups excluding carboxylic acids is 1. The molecule has 168 valence electrons. The Kier molecular flexibility index (Phi) is 5.81. The molecule has 0 saturated carbocycles. The van der Waals surface area contributed by atoms with Gasteiger partial charge in [-0.1, -0.05) is 23.4 Å². The molecule has 0 unspecified atom stereocenters. The molecule has 5 rings (SSSR count). The molecule has 1 aliphatic rings. The van der Waals surface area contributed by atoms with E-state index >= 15 is 0 Å². The Hall–Kier alpha value is -4.05. The van der Waals surface area contributed by atoms with Crippen LogP contribution in [-0.4, -0.2) is 74.1 Å². The van der Waals surface area contributed by atoms with E-state index in [1.807, 2.05) is 54.6 Å². The van der Waals surface area contributed by atoms with Crippen molar-refractivity contribution in [2.45, 2.75) is 6.54 Å². The molecular weight excluding hydrogens is 422 g/mol. The van der Waals surface area contributed by atoms with Crippen LogP contribution < -0.4 is 4.74 Å². The zero-order valence-electron chi connectivity index (χ0n) is 18.2. The van der Waals surface area contributed by atoms with E-state index in [-0.39, 0.29) is 5.91 Å². The van der Waals surface area contributed by atoms with Crippen molar-refractivity contribution < 1.29 is 14.1 Å². The van der Waals surface area contributed by atoms with Gasteiger partial charge in [-0.2, -0.15) is 14.9 Å². The Bertz CT molecular complexity index is 1210. The molecule has 2 aromatic carbocycles. The monoisotopic (exact) mass is 445 g/mol. The van der Waals surface area contributed by atoms with E-state index in [0.29, 0.717) is 50.1 Å². The highest BCUT2D eigenvalue weighted by molar-refractivity contribution is 5.92. The highest BCUT2D eigenvalue weighted by Gasteiger charge is 2.25. The van der Waals surface area contributed by atoms with Crippen molar-refractivity contribution in [2.24, 2.45) is 0 Å². The first-order valence-corrected chi connectivity index (χ1v) is 10.7. The number of carbonyl (C=O) groups is 1. The van der Waals surface area contributed by atoms with E-state index in [1.165, 1.54) is 11.0 Å². The Morgan fingerprint density at radius 2 is 1.79 bits per heavy atom. The predicted octanol–water partition coefficient (Wildman–Crippen LogP) is 2.28. The second-order valence-corrected chi connectivity index (χ2v) is 7.66. The zero-order chi connectivity index (χ0) is 22.6. The van der Waals surface area contributed by atoms with Crippen molar-refractivity contribution in [3.8, 4) is 22.8 Å². The van der Waals surface area contributed by atoms with Crippen molar-refractivity contribution >= 4 is 5.91 Å². The summed E-state index contributed by atoms with van der Waals surface area (Å²) < 4.78 is 10.6. The van der Waals surface area contributed by atoms with Crippen molar-refractivity contribution in [2.75, 3.05) is 33.3 Å². The van der Waals surface area contributed by atoms with Crippen LogP contribution in [0.4, 0.5) is 0 Å². The van der Waals surface area contributed by atoms with Gasteiger partial charge in [-0.25, -0.2) is 0 Å². The molecule has 2 aromatic heterocycles. The molecule has 10 nitrogen and oxygen atoms in total. The lowest BCUT2D eigenvalue weighted by atomic mass is 10.2. The van der Waals surface area contributed by atoms with Gasteiger partial charge < -0.3 is 14.2 Å². The lowest BCUT2D eigenvalue weighted by Gasteiger charge is -2.33. The van der Waals surface area contributed by atoms with Crippen LogP contribution in [0.15, 0.2) is 65.3 Å². The largest absolute Gasteiger partial charge is 0.497 e. The summed E-state index contributed by atoms with van der Waals surface area (Å²) in [5, 5.41) is 12.6. The fraction of sp³-hybridized carbons (Fsp3) is 0.261. The molecule has 1 saturated heterocycles. The van der Waals surface area contributed by atoms with Crippen LogP contribution in [0.25, 0.3) is 17.1 Å². The van der Waals surface area contributed by atoms with Crippen LogP contribution in [0.2, 0.25) is 0 Å². The topological polar surface area (TPSA) is 102 Å². The Labute approximate surface area is 190 Å². The molecule has 0 radical (unpaired) electrons. The molecule has 33 heavy (non-hydrogen) atoms. The van der Waals surface area contributed by atoms with Crippen molar-refractivity contribution in [3.63, 3.8) is 0 Å². The molecule has 0 N–H and O–H groups in total. The average molecular weight is 445 g/mol. The Morgan fingerprint density at radius 1 is 1.03 bits per heavy atom. The summed E-state index contributed by atoms with van der Waals surface area (Å²) in [5.74, 6) is 1.75. The predicted molar refractivity (Wildman–Crippen MR) is 119 cm³/mol. The first-order chi connectivity index (χ1) is 16.2. The molecule has 10 heteroatoms. The highest BCUT2D eigenvalue weighted by atomic mass is 16.5. The summed E-state index contributed by atoms with van der Waals surface area (Å²) in [5.41, 5.74) is 2.02. The van der Waals surface area contributed by atoms with Gasteiger partial charge in [0, 0.05) is 31.7 Å². The second-order valence-electron chi connectivity index (χ2n) is 7.66. The van der Waals surface area contributed by atoms with E-state index in [9.17, 15) is 4.79 Å². The Morgan fingerprint density at radius 3 is 2.52 bits per heavy atom. The fourth-order valence-corrected chi connectivity index (χ4v) is 3.69. The SMILES string of the molecule is COc1ccc(-c2noc(CN3CCN(C(=O)c4cnn(-c5ccccc5)n4)CC3)n2)cc1. The van der Waals surface area contributed by atoms with Crippen molar-refractivity contribution in [1.82, 2.24) is 34.9 Å². The number of para-hydroxylation sites is 1. The lowest BCUT2D eigenvalue weighted by molar-refractivity contribution is 0.0609. The molecule has 4 aromatic rings. The van der Waals surface area contributed by atoms with Gasteiger partial charge >= 0.3 is 0 Å². The Balaban J connectivity index is 1.16. The van der Waals surface area contributed by atoms with Gasteiger partial charge in [0.15, 0.2) is 5.69 Å². The average Bonchev–Trinajstić information content (AvgIpc) is 3.55. The third-order valence-electron chi connectivity index (χ3n) is 5.53. The summed E-state index contributed by atoms with van der Waals surface area (Å²) >= 11 is 0. The molecule has 0 atom stereocenters. The maximum absolute atomic E-state index is 12.9. The highest BCUT2D eigenvalue weighted by Crippen LogP contribution is 2.20. The van der Waals surface area contributed by atoms with Crippen LogP contribution in [0.5, 0.6) is 5.75 Å². The van der Waals surface area contributed by atoms with Crippen LogP contribution in [0, 0.1) is 0 Å². The third kappa shape index (κ3) is 4.60. The first kappa shape index (κ1) is 20.8. The molecule has 1 aliphatic heterocycles. The number of benzene rings is 2. The number of ether oxygens (including phenoxy) is 1. The van der Waals surface area contributed by atoms with Crippen molar-refractivity contribution in [3.05, 3.63) is 72.4 Å². The number of piperazine rings is 1. The minimum atomic E-state index is -0.114. The first-order valence-electron chi connectivity index (χ1n) is 10.7. The summed E-state index contributed by atoms with van der Waals surface area (Å²) in [6.45, 7) is 3.14. The molecule has 3 heterocycles. The van der Waals surface area contributed by atoms with Gasteiger partial charge in [0.1, 0.15) is 5.75 Å². The van der Waals surface area contributed by atoms with Gasteiger partial charge in [-0.3, -0.25) is 9.69 Å². The smallest absolute Gasteiger partial charge is 0.276 e. The fourth-order valence-electron chi connectivity index (χ4n) is 3.69. The van der Waals surface area contributed by atoms with Crippen LogP contribution >= 0.6 is 0 Å². The molecule has 0 spiro atoms. The van der Waals surface area contributed by atoms with Gasteiger partial charge in [0.05, 0.1) is 25.5 Å². The van der Waals surface area contributed by atoms with Gasteiger partial charge in [0.25, 0.3) is 5.91 Å². The number of methoxy groups -OCH3 is 1. The molecule has 1 fully saturated rings. The number of hydrogen-bond donors (Lipinski definition) is 0. The lowest BCUT2D eigenvalue weighted by Crippen LogP contribution is -2.48. The van der Waals surface area contributed by atoms with E-state index in [1.54, 1.807) is 12.0 Å². The minimum absolute atomic E-state index is 0.114. The molecule has 1 amide bonds. The van der Waals surface area contributed by atoms with Crippen LogP contribution in [-0.2, 0) is 6.54 Å². The third-order valence-corrected chi connectivity index (χ3v) is 5.53. The molecular formula is C23H23N7O3. The summed E-state index contributed by atoms with van der Waals surface area (Å²) in [7, 11) is 1.63. The quantitative estimate of drug-likeness (QED) is 0.445. The maximum Gasteiger partial charge on any atom is 0.276 e. The summed E-state index contributed by atoms with van der Waals surface area (Å²) in [6, 6.07) is 17.0.